The molecule has 19 heavy (non-hydrogen) atoms. The first kappa shape index (κ1) is 11.3. The van der Waals surface area contributed by atoms with Crippen LogP contribution in [0.1, 0.15) is 6.42 Å². The van der Waals surface area contributed by atoms with E-state index >= 15 is 0 Å². The molecule has 0 bridgehead atoms. The van der Waals surface area contributed by atoms with Gasteiger partial charge in [0.1, 0.15) is 0 Å². The van der Waals surface area contributed by atoms with Crippen molar-refractivity contribution in [2.24, 2.45) is 5.10 Å². The molecule has 0 fully saturated rings. The van der Waals surface area contributed by atoms with Gasteiger partial charge in [-0.3, -0.25) is 4.68 Å². The number of hydrogen-bond donors (Lipinski definition) is 2. The van der Waals surface area contributed by atoms with Crippen LogP contribution in [0, 0.1) is 0 Å². The van der Waals surface area contributed by atoms with Crippen LogP contribution in [-0.2, 0) is 0 Å². The predicted molar refractivity (Wildman–Crippen MR) is 73.9 cm³/mol. The summed E-state index contributed by atoms with van der Waals surface area (Å²) in [6, 6.07) is 9.40. The van der Waals surface area contributed by atoms with Crippen molar-refractivity contribution in [1.82, 2.24) is 15.2 Å². The highest BCUT2D eigenvalue weighted by Gasteiger charge is 2.07. The molecule has 1 aliphatic heterocycles. The fourth-order valence-corrected chi connectivity index (χ4v) is 1.88. The number of nitrogens with zero attached hydrogens (tertiary/aromatic N) is 3. The number of hydrogen-bond acceptors (Lipinski definition) is 3. The van der Waals surface area contributed by atoms with Crippen molar-refractivity contribution in [2.75, 3.05) is 5.43 Å². The Labute approximate surface area is 109 Å². The van der Waals surface area contributed by atoms with Crippen LogP contribution in [0.4, 0.5) is 4.79 Å². The Balaban J connectivity index is 1.70. The fraction of sp³-hybridized carbons (Fsp3) is 0.0769. The van der Waals surface area contributed by atoms with E-state index in [1.807, 2.05) is 36.4 Å². The van der Waals surface area contributed by atoms with Crippen molar-refractivity contribution >= 4 is 23.1 Å². The van der Waals surface area contributed by atoms with Gasteiger partial charge < -0.3 is 0 Å². The number of hydrazone groups is 1. The van der Waals surface area contributed by atoms with Crippen LogP contribution in [0.25, 0.3) is 10.9 Å². The Hall–Kier alpha value is -2.76. The summed E-state index contributed by atoms with van der Waals surface area (Å²) in [6.45, 7) is 0. The SMILES string of the molecule is O=C(NN1C=CCC=N1)Nn1ccc2ccccc21. The van der Waals surface area contributed by atoms with Gasteiger partial charge >= 0.3 is 6.03 Å². The maximum absolute atomic E-state index is 11.8. The van der Waals surface area contributed by atoms with Crippen LogP contribution >= 0.6 is 0 Å². The molecule has 1 aromatic carbocycles. The first-order valence-electron chi connectivity index (χ1n) is 5.95. The van der Waals surface area contributed by atoms with E-state index in [1.54, 1.807) is 23.3 Å². The van der Waals surface area contributed by atoms with Crippen molar-refractivity contribution in [3.63, 3.8) is 0 Å². The van der Waals surface area contributed by atoms with E-state index in [2.05, 4.69) is 16.0 Å². The number of carbonyl (C=O) groups is 1. The van der Waals surface area contributed by atoms with Gasteiger partial charge in [-0.25, -0.2) is 15.6 Å². The minimum absolute atomic E-state index is 0.356. The van der Waals surface area contributed by atoms with Gasteiger partial charge in [0, 0.05) is 30.4 Å². The van der Waals surface area contributed by atoms with E-state index in [9.17, 15) is 4.79 Å². The molecule has 0 saturated carbocycles. The van der Waals surface area contributed by atoms with Crippen molar-refractivity contribution in [3.05, 3.63) is 48.8 Å². The predicted octanol–water partition coefficient (Wildman–Crippen LogP) is 2.01. The summed E-state index contributed by atoms with van der Waals surface area (Å²) >= 11 is 0. The molecule has 6 heteroatoms. The Morgan fingerprint density at radius 3 is 2.95 bits per heavy atom. The summed E-state index contributed by atoms with van der Waals surface area (Å²) in [4.78, 5) is 11.8. The van der Waals surface area contributed by atoms with Crippen molar-refractivity contribution in [2.45, 2.75) is 6.42 Å². The Morgan fingerprint density at radius 2 is 2.11 bits per heavy atom. The zero-order valence-corrected chi connectivity index (χ0v) is 10.2. The number of fused-ring (bicyclic) bond motifs is 1. The minimum Gasteiger partial charge on any atom is -0.259 e. The Bertz CT molecular complexity index is 646. The average Bonchev–Trinajstić information content (AvgIpc) is 2.83. The second-order valence-corrected chi connectivity index (χ2v) is 4.06. The lowest BCUT2D eigenvalue weighted by molar-refractivity contribution is 0.220. The highest BCUT2D eigenvalue weighted by atomic mass is 16.2. The molecule has 0 saturated heterocycles. The van der Waals surface area contributed by atoms with E-state index in [4.69, 9.17) is 0 Å². The summed E-state index contributed by atoms with van der Waals surface area (Å²) in [5.74, 6) is 0. The molecule has 96 valence electrons. The number of aromatic nitrogens is 1. The van der Waals surface area contributed by atoms with Gasteiger partial charge in [0.05, 0.1) is 5.52 Å². The topological polar surface area (TPSA) is 61.7 Å². The minimum atomic E-state index is -0.356. The molecule has 2 N–H and O–H groups in total. The summed E-state index contributed by atoms with van der Waals surface area (Å²) in [5.41, 5.74) is 6.27. The van der Waals surface area contributed by atoms with Gasteiger partial charge in [-0.05, 0) is 12.1 Å². The molecule has 2 amide bonds. The number of carbonyl (C=O) groups excluding carboxylic acids is 1. The number of nitrogens with one attached hydrogen (secondary N) is 2. The van der Waals surface area contributed by atoms with Crippen molar-refractivity contribution in [3.8, 4) is 0 Å². The van der Waals surface area contributed by atoms with E-state index in [0.717, 1.165) is 17.3 Å². The molecular weight excluding hydrogens is 242 g/mol. The Morgan fingerprint density at radius 1 is 1.21 bits per heavy atom. The van der Waals surface area contributed by atoms with Crippen LogP contribution in [0.2, 0.25) is 0 Å². The number of amides is 2. The van der Waals surface area contributed by atoms with Gasteiger partial charge in [-0.15, -0.1) is 0 Å². The van der Waals surface area contributed by atoms with Gasteiger partial charge in [0.25, 0.3) is 0 Å². The van der Waals surface area contributed by atoms with E-state index in [-0.39, 0.29) is 6.03 Å². The molecular formula is C13H13N5O. The second-order valence-electron chi connectivity index (χ2n) is 4.06. The molecule has 2 aromatic rings. The molecule has 0 spiro atoms. The number of para-hydroxylation sites is 1. The molecule has 0 atom stereocenters. The first-order chi connectivity index (χ1) is 9.33. The number of hydrazine groups is 1. The average molecular weight is 255 g/mol. The number of benzene rings is 1. The van der Waals surface area contributed by atoms with E-state index in [1.165, 1.54) is 5.12 Å². The summed E-state index contributed by atoms with van der Waals surface area (Å²) < 4.78 is 1.67. The number of urea groups is 1. The summed E-state index contributed by atoms with van der Waals surface area (Å²) in [5, 5.41) is 6.44. The molecule has 1 aromatic heterocycles. The third-order valence-corrected chi connectivity index (χ3v) is 2.73. The summed E-state index contributed by atoms with van der Waals surface area (Å²) in [7, 11) is 0. The Kier molecular flexibility index (Phi) is 2.89. The highest BCUT2D eigenvalue weighted by molar-refractivity contribution is 5.86. The van der Waals surface area contributed by atoms with E-state index in [0.29, 0.717) is 0 Å². The van der Waals surface area contributed by atoms with Crippen LogP contribution in [-0.4, -0.2) is 22.0 Å². The zero-order chi connectivity index (χ0) is 13.1. The lowest BCUT2D eigenvalue weighted by atomic mass is 10.3. The van der Waals surface area contributed by atoms with Crippen molar-refractivity contribution < 1.29 is 4.79 Å². The molecule has 3 rings (SSSR count). The number of allylic oxidation sites excluding steroid dienone is 1. The molecule has 6 nitrogen and oxygen atoms in total. The quantitative estimate of drug-likeness (QED) is 0.862. The van der Waals surface area contributed by atoms with Gasteiger partial charge in [0.2, 0.25) is 0 Å². The zero-order valence-electron chi connectivity index (χ0n) is 10.2. The summed E-state index contributed by atoms with van der Waals surface area (Å²) in [6.07, 6.45) is 7.90. The fourth-order valence-electron chi connectivity index (χ4n) is 1.88. The lowest BCUT2D eigenvalue weighted by Gasteiger charge is -2.18. The molecule has 0 radical (unpaired) electrons. The van der Waals surface area contributed by atoms with Crippen LogP contribution < -0.4 is 10.9 Å². The first-order valence-corrected chi connectivity index (χ1v) is 5.95. The standard InChI is InChI=1S/C13H13N5O/c19-13(16-18-9-4-3-8-14-18)15-17-10-7-11-5-1-2-6-12(11)17/h1-2,4-10H,3H2,(H2,15,16,19). The number of rotatable bonds is 2. The van der Waals surface area contributed by atoms with Crippen LogP contribution in [0.3, 0.4) is 0 Å². The molecule has 1 aliphatic rings. The molecule has 0 aliphatic carbocycles. The molecule has 0 unspecified atom stereocenters. The van der Waals surface area contributed by atoms with Gasteiger partial charge in [-0.1, -0.05) is 24.3 Å². The second kappa shape index (κ2) is 4.85. The normalized spacial score (nSPS) is 13.8. The maximum atomic E-state index is 11.8. The van der Waals surface area contributed by atoms with E-state index < -0.39 is 0 Å². The van der Waals surface area contributed by atoms with Crippen LogP contribution in [0.15, 0.2) is 53.9 Å². The van der Waals surface area contributed by atoms with Crippen molar-refractivity contribution in [1.29, 1.82) is 0 Å². The van der Waals surface area contributed by atoms with Gasteiger partial charge in [0.15, 0.2) is 0 Å². The smallest absolute Gasteiger partial charge is 0.259 e. The third-order valence-electron chi connectivity index (χ3n) is 2.73. The third kappa shape index (κ3) is 2.42. The highest BCUT2D eigenvalue weighted by Crippen LogP contribution is 2.13. The lowest BCUT2D eigenvalue weighted by Crippen LogP contribution is -2.41. The van der Waals surface area contributed by atoms with Gasteiger partial charge in [-0.2, -0.15) is 10.2 Å². The largest absolute Gasteiger partial charge is 0.354 e. The monoisotopic (exact) mass is 255 g/mol. The molecule has 2 heterocycles. The maximum Gasteiger partial charge on any atom is 0.354 e. The van der Waals surface area contributed by atoms with Crippen LogP contribution in [0.5, 0.6) is 0 Å².